The van der Waals surface area contributed by atoms with Crippen LogP contribution >= 0.6 is 0 Å². The second kappa shape index (κ2) is 6.50. The number of nitrogens with zero attached hydrogens (tertiary/aromatic N) is 2. The van der Waals surface area contributed by atoms with Crippen molar-refractivity contribution in [3.8, 4) is 0 Å². The predicted molar refractivity (Wildman–Crippen MR) is 60.5 cm³/mol. The summed E-state index contributed by atoms with van der Waals surface area (Å²) in [5, 5.41) is 8.80. The average molecular weight is 209 g/mol. The van der Waals surface area contributed by atoms with Crippen molar-refractivity contribution < 1.29 is 5.11 Å². The van der Waals surface area contributed by atoms with Gasteiger partial charge in [0.15, 0.2) is 0 Å². The van der Waals surface area contributed by atoms with Gasteiger partial charge in [-0.1, -0.05) is 6.07 Å². The zero-order valence-electron chi connectivity index (χ0n) is 9.13. The molecule has 1 atom stereocenters. The van der Waals surface area contributed by atoms with Gasteiger partial charge in [0, 0.05) is 37.4 Å². The van der Waals surface area contributed by atoms with Crippen LogP contribution in [0.3, 0.4) is 0 Å². The minimum atomic E-state index is -0.154. The van der Waals surface area contributed by atoms with E-state index in [1.165, 1.54) is 0 Å². The summed E-state index contributed by atoms with van der Waals surface area (Å²) >= 11 is 0. The first kappa shape index (κ1) is 12.1. The SMILES string of the molecule is CN(CCc1ccccn1)CC(N)CO. The van der Waals surface area contributed by atoms with Crippen LogP contribution in [0.4, 0.5) is 0 Å². The molecule has 0 radical (unpaired) electrons. The first-order valence-electron chi connectivity index (χ1n) is 5.17. The number of likely N-dealkylation sites (N-methyl/N-ethyl adjacent to an activating group) is 1. The average Bonchev–Trinajstić information content (AvgIpc) is 2.27. The minimum Gasteiger partial charge on any atom is -0.395 e. The lowest BCUT2D eigenvalue weighted by atomic mass is 10.2. The molecule has 0 fully saturated rings. The topological polar surface area (TPSA) is 62.4 Å². The number of nitrogens with two attached hydrogens (primary N) is 1. The van der Waals surface area contributed by atoms with Crippen LogP contribution in [-0.2, 0) is 6.42 Å². The van der Waals surface area contributed by atoms with E-state index in [0.717, 1.165) is 18.7 Å². The molecule has 0 spiro atoms. The monoisotopic (exact) mass is 209 g/mol. The summed E-state index contributed by atoms with van der Waals surface area (Å²) in [6.07, 6.45) is 2.71. The van der Waals surface area contributed by atoms with Crippen molar-refractivity contribution in [3.05, 3.63) is 30.1 Å². The summed E-state index contributed by atoms with van der Waals surface area (Å²) in [4.78, 5) is 6.35. The maximum atomic E-state index is 8.80. The van der Waals surface area contributed by atoms with Gasteiger partial charge in [-0.15, -0.1) is 0 Å². The van der Waals surface area contributed by atoms with Gasteiger partial charge in [0.2, 0.25) is 0 Å². The van der Waals surface area contributed by atoms with Crippen molar-refractivity contribution in [3.63, 3.8) is 0 Å². The molecule has 0 saturated carbocycles. The van der Waals surface area contributed by atoms with E-state index in [4.69, 9.17) is 10.8 Å². The van der Waals surface area contributed by atoms with Crippen LogP contribution in [0.5, 0.6) is 0 Å². The molecule has 0 aromatic carbocycles. The Bertz CT molecular complexity index is 266. The van der Waals surface area contributed by atoms with E-state index >= 15 is 0 Å². The Balaban J connectivity index is 2.25. The quantitative estimate of drug-likeness (QED) is 0.685. The van der Waals surface area contributed by atoms with Gasteiger partial charge in [-0.2, -0.15) is 0 Å². The molecular weight excluding hydrogens is 190 g/mol. The van der Waals surface area contributed by atoms with Gasteiger partial charge in [0.05, 0.1) is 6.61 Å². The molecule has 4 nitrogen and oxygen atoms in total. The van der Waals surface area contributed by atoms with Crippen molar-refractivity contribution in [2.24, 2.45) is 5.73 Å². The molecule has 1 unspecified atom stereocenters. The van der Waals surface area contributed by atoms with Crippen LogP contribution in [0.25, 0.3) is 0 Å². The molecule has 4 heteroatoms. The van der Waals surface area contributed by atoms with Gasteiger partial charge in [-0.25, -0.2) is 0 Å². The maximum Gasteiger partial charge on any atom is 0.0595 e. The van der Waals surface area contributed by atoms with Crippen molar-refractivity contribution in [2.75, 3.05) is 26.7 Å². The van der Waals surface area contributed by atoms with Crippen molar-refractivity contribution >= 4 is 0 Å². The Hall–Kier alpha value is -0.970. The van der Waals surface area contributed by atoms with Gasteiger partial charge >= 0.3 is 0 Å². The number of aliphatic hydroxyl groups excluding tert-OH is 1. The molecule has 0 saturated heterocycles. The van der Waals surface area contributed by atoms with Crippen LogP contribution in [-0.4, -0.2) is 47.8 Å². The fraction of sp³-hybridized carbons (Fsp3) is 0.545. The number of pyridine rings is 1. The summed E-state index contributed by atoms with van der Waals surface area (Å²) in [5.41, 5.74) is 6.72. The molecule has 1 heterocycles. The predicted octanol–water partition coefficient (Wildman–Crippen LogP) is -0.125. The van der Waals surface area contributed by atoms with E-state index in [1.54, 1.807) is 6.20 Å². The Morgan fingerprint density at radius 2 is 2.33 bits per heavy atom. The normalized spacial score (nSPS) is 13.1. The van der Waals surface area contributed by atoms with E-state index in [-0.39, 0.29) is 12.6 Å². The highest BCUT2D eigenvalue weighted by Crippen LogP contribution is 1.96. The van der Waals surface area contributed by atoms with Gasteiger partial charge < -0.3 is 15.7 Å². The number of rotatable bonds is 6. The van der Waals surface area contributed by atoms with E-state index in [2.05, 4.69) is 9.88 Å². The zero-order valence-corrected chi connectivity index (χ0v) is 9.13. The molecule has 1 aromatic rings. The number of aromatic nitrogens is 1. The molecule has 0 aliphatic carbocycles. The van der Waals surface area contributed by atoms with E-state index in [0.29, 0.717) is 6.54 Å². The minimum absolute atomic E-state index is 0.0356. The summed E-state index contributed by atoms with van der Waals surface area (Å²) in [7, 11) is 2.00. The summed E-state index contributed by atoms with van der Waals surface area (Å²) < 4.78 is 0. The zero-order chi connectivity index (χ0) is 11.1. The lowest BCUT2D eigenvalue weighted by Gasteiger charge is -2.19. The molecule has 1 aromatic heterocycles. The number of hydrogen-bond donors (Lipinski definition) is 2. The van der Waals surface area contributed by atoms with Crippen LogP contribution < -0.4 is 5.73 Å². The Morgan fingerprint density at radius 3 is 2.93 bits per heavy atom. The number of aliphatic hydroxyl groups is 1. The van der Waals surface area contributed by atoms with Crippen molar-refractivity contribution in [1.82, 2.24) is 9.88 Å². The molecular formula is C11H19N3O. The molecule has 0 bridgehead atoms. The smallest absolute Gasteiger partial charge is 0.0595 e. The van der Waals surface area contributed by atoms with E-state index in [9.17, 15) is 0 Å². The van der Waals surface area contributed by atoms with Crippen molar-refractivity contribution in [1.29, 1.82) is 0 Å². The van der Waals surface area contributed by atoms with E-state index < -0.39 is 0 Å². The van der Waals surface area contributed by atoms with Crippen LogP contribution in [0.15, 0.2) is 24.4 Å². The molecule has 0 aliphatic rings. The Morgan fingerprint density at radius 1 is 1.53 bits per heavy atom. The molecule has 3 N–H and O–H groups in total. The van der Waals surface area contributed by atoms with Crippen LogP contribution in [0.2, 0.25) is 0 Å². The highest BCUT2D eigenvalue weighted by molar-refractivity contribution is 5.03. The van der Waals surface area contributed by atoms with Gasteiger partial charge in [0.25, 0.3) is 0 Å². The Labute approximate surface area is 90.7 Å². The lowest BCUT2D eigenvalue weighted by molar-refractivity contribution is 0.222. The number of hydrogen-bond acceptors (Lipinski definition) is 4. The second-order valence-corrected chi connectivity index (χ2v) is 3.78. The first-order valence-corrected chi connectivity index (χ1v) is 5.17. The summed E-state index contributed by atoms with van der Waals surface area (Å²) in [6.45, 7) is 1.65. The third kappa shape index (κ3) is 4.88. The van der Waals surface area contributed by atoms with Gasteiger partial charge in [-0.3, -0.25) is 4.98 Å². The van der Waals surface area contributed by atoms with Crippen molar-refractivity contribution in [2.45, 2.75) is 12.5 Å². The third-order valence-corrected chi connectivity index (χ3v) is 2.26. The molecule has 84 valence electrons. The summed E-state index contributed by atoms with van der Waals surface area (Å²) in [5.74, 6) is 0. The molecule has 0 aliphatic heterocycles. The van der Waals surface area contributed by atoms with Crippen LogP contribution in [0, 0.1) is 0 Å². The highest BCUT2D eigenvalue weighted by atomic mass is 16.3. The fourth-order valence-electron chi connectivity index (χ4n) is 1.40. The standard InChI is InChI=1S/C11H19N3O/c1-14(8-10(12)9-15)7-5-11-4-2-3-6-13-11/h2-4,6,10,15H,5,7-9,12H2,1H3. The second-order valence-electron chi connectivity index (χ2n) is 3.78. The molecule has 15 heavy (non-hydrogen) atoms. The maximum absolute atomic E-state index is 8.80. The fourth-order valence-corrected chi connectivity index (χ4v) is 1.40. The third-order valence-electron chi connectivity index (χ3n) is 2.26. The van der Waals surface area contributed by atoms with Crippen LogP contribution in [0.1, 0.15) is 5.69 Å². The summed E-state index contributed by atoms with van der Waals surface area (Å²) in [6, 6.07) is 5.76. The largest absolute Gasteiger partial charge is 0.395 e. The first-order chi connectivity index (χ1) is 7.22. The van der Waals surface area contributed by atoms with Gasteiger partial charge in [0.1, 0.15) is 0 Å². The highest BCUT2D eigenvalue weighted by Gasteiger charge is 2.05. The lowest BCUT2D eigenvalue weighted by Crippen LogP contribution is -2.38. The van der Waals surface area contributed by atoms with E-state index in [1.807, 2.05) is 25.2 Å². The molecule has 1 rings (SSSR count). The van der Waals surface area contributed by atoms with Gasteiger partial charge in [-0.05, 0) is 19.2 Å². The Kier molecular flexibility index (Phi) is 5.25. The molecule has 0 amide bonds.